The van der Waals surface area contributed by atoms with Crippen LogP contribution in [0.1, 0.15) is 44.9 Å². The molecule has 4 rings (SSSR count). The number of nitrogens with one attached hydrogen (secondary N) is 2. The highest BCUT2D eigenvalue weighted by Gasteiger charge is 2.55. The van der Waals surface area contributed by atoms with Gasteiger partial charge in [-0.05, 0) is 55.9 Å². The van der Waals surface area contributed by atoms with E-state index >= 15 is 0 Å². The largest absolute Gasteiger partial charge is 0.298 e. The fourth-order valence-electron chi connectivity index (χ4n) is 4.07. The number of aromatic nitrogens is 1. The molecule has 1 amide bonds. The monoisotopic (exact) mass is 309 g/mol. The minimum atomic E-state index is -0.101. The molecule has 2 N–H and O–H groups in total. The summed E-state index contributed by atoms with van der Waals surface area (Å²) in [5.74, 6) is 0.748. The number of benzene rings is 1. The van der Waals surface area contributed by atoms with Crippen LogP contribution in [0.15, 0.2) is 36.5 Å². The van der Waals surface area contributed by atoms with E-state index in [9.17, 15) is 4.79 Å². The molecule has 0 atom stereocenters. The van der Waals surface area contributed by atoms with Crippen LogP contribution in [0.25, 0.3) is 10.9 Å². The van der Waals surface area contributed by atoms with Crippen molar-refractivity contribution < 1.29 is 4.79 Å². The van der Waals surface area contributed by atoms with Gasteiger partial charge in [0.05, 0.1) is 16.6 Å². The van der Waals surface area contributed by atoms with Crippen LogP contribution in [0, 0.1) is 11.3 Å². The van der Waals surface area contributed by atoms with E-state index in [0.29, 0.717) is 5.92 Å². The number of fused-ring (bicyclic) bond motifs is 1. The molecule has 0 saturated heterocycles. The van der Waals surface area contributed by atoms with Gasteiger partial charge in [0.15, 0.2) is 0 Å². The van der Waals surface area contributed by atoms with E-state index in [1.807, 2.05) is 30.3 Å². The second kappa shape index (κ2) is 5.84. The van der Waals surface area contributed by atoms with E-state index in [2.05, 4.69) is 15.8 Å². The lowest BCUT2D eigenvalue weighted by molar-refractivity contribution is -0.128. The summed E-state index contributed by atoms with van der Waals surface area (Å²) in [4.78, 5) is 17.1. The Bertz CT molecular complexity index is 712. The van der Waals surface area contributed by atoms with Crippen LogP contribution in [-0.2, 0) is 4.79 Å². The van der Waals surface area contributed by atoms with Gasteiger partial charge in [0, 0.05) is 11.6 Å². The van der Waals surface area contributed by atoms with Gasteiger partial charge in [-0.25, -0.2) is 0 Å². The Morgan fingerprint density at radius 3 is 2.70 bits per heavy atom. The second-order valence-corrected chi connectivity index (χ2v) is 6.95. The number of carbonyl (C=O) groups excluding carboxylic acids is 1. The van der Waals surface area contributed by atoms with Gasteiger partial charge in [-0.15, -0.1) is 0 Å². The fraction of sp³-hybridized carbons (Fsp3) is 0.474. The first-order valence-electron chi connectivity index (χ1n) is 8.70. The zero-order valence-electron chi connectivity index (χ0n) is 13.3. The summed E-state index contributed by atoms with van der Waals surface area (Å²) >= 11 is 0. The van der Waals surface area contributed by atoms with Gasteiger partial charge in [-0.3, -0.25) is 20.6 Å². The molecule has 1 aromatic heterocycles. The predicted octanol–water partition coefficient (Wildman–Crippen LogP) is 4.04. The number of rotatable bonds is 4. The fourth-order valence-corrected chi connectivity index (χ4v) is 4.07. The van der Waals surface area contributed by atoms with E-state index in [0.717, 1.165) is 29.4 Å². The van der Waals surface area contributed by atoms with E-state index in [4.69, 9.17) is 0 Å². The Morgan fingerprint density at radius 1 is 1.09 bits per heavy atom. The highest BCUT2D eigenvalue weighted by Crippen LogP contribution is 2.56. The number of amides is 1. The second-order valence-electron chi connectivity index (χ2n) is 6.95. The van der Waals surface area contributed by atoms with Crippen molar-refractivity contribution in [1.82, 2.24) is 10.4 Å². The van der Waals surface area contributed by atoms with Gasteiger partial charge >= 0.3 is 0 Å². The number of pyridine rings is 1. The quantitative estimate of drug-likeness (QED) is 0.838. The molecule has 0 bridgehead atoms. The molecule has 0 unspecified atom stereocenters. The molecule has 4 heteroatoms. The standard InChI is InChI=1S/C19H23N3O/c23-18(19(11-12-19)14-6-2-1-3-7-14)22-21-17-10-4-9-16-15(17)8-5-13-20-16/h4-5,8-10,13-14,21H,1-3,6-7,11-12H2,(H,22,23). The normalized spacial score (nSPS) is 20.2. The van der Waals surface area contributed by atoms with Gasteiger partial charge in [0.25, 0.3) is 0 Å². The SMILES string of the molecule is O=C(NNc1cccc2ncccc12)C1(C2CCCCC2)CC1. The first kappa shape index (κ1) is 14.5. The summed E-state index contributed by atoms with van der Waals surface area (Å²) < 4.78 is 0. The lowest BCUT2D eigenvalue weighted by Gasteiger charge is -2.29. The molecule has 120 valence electrons. The zero-order chi connectivity index (χ0) is 15.7. The van der Waals surface area contributed by atoms with Crippen molar-refractivity contribution in [3.63, 3.8) is 0 Å². The third-order valence-electron chi connectivity index (χ3n) is 5.58. The number of anilines is 1. The molecule has 0 aliphatic heterocycles. The van der Waals surface area contributed by atoms with Crippen LogP contribution in [0.4, 0.5) is 5.69 Å². The summed E-state index contributed by atoms with van der Waals surface area (Å²) in [6.45, 7) is 0. The smallest absolute Gasteiger partial charge is 0.244 e. The molecule has 2 aliphatic rings. The third kappa shape index (κ3) is 2.67. The van der Waals surface area contributed by atoms with Crippen molar-refractivity contribution in [2.45, 2.75) is 44.9 Å². The summed E-state index contributed by atoms with van der Waals surface area (Å²) in [6.07, 6.45) is 10.2. The van der Waals surface area contributed by atoms with Crippen LogP contribution < -0.4 is 10.9 Å². The van der Waals surface area contributed by atoms with Gasteiger partial charge in [0.2, 0.25) is 5.91 Å². The van der Waals surface area contributed by atoms with Crippen molar-refractivity contribution >= 4 is 22.5 Å². The maximum absolute atomic E-state index is 12.7. The summed E-state index contributed by atoms with van der Waals surface area (Å²) in [5.41, 5.74) is 7.84. The minimum absolute atomic E-state index is 0.101. The molecule has 1 aromatic carbocycles. The van der Waals surface area contributed by atoms with Crippen molar-refractivity contribution in [2.75, 3.05) is 5.43 Å². The van der Waals surface area contributed by atoms with Gasteiger partial charge < -0.3 is 0 Å². The number of carbonyl (C=O) groups is 1. The molecule has 2 aliphatic carbocycles. The Labute approximate surface area is 136 Å². The Morgan fingerprint density at radius 2 is 1.91 bits per heavy atom. The molecule has 4 nitrogen and oxygen atoms in total. The van der Waals surface area contributed by atoms with Crippen LogP contribution in [-0.4, -0.2) is 10.9 Å². The highest BCUT2D eigenvalue weighted by atomic mass is 16.2. The molecular weight excluding hydrogens is 286 g/mol. The van der Waals surface area contributed by atoms with Gasteiger partial charge in [0.1, 0.15) is 0 Å². The number of nitrogens with zero attached hydrogens (tertiary/aromatic N) is 1. The molecule has 1 heterocycles. The van der Waals surface area contributed by atoms with Crippen LogP contribution in [0.3, 0.4) is 0 Å². The average Bonchev–Trinajstić information content (AvgIpc) is 3.42. The molecule has 0 radical (unpaired) electrons. The van der Waals surface area contributed by atoms with E-state index in [1.165, 1.54) is 32.1 Å². The number of hydrogen-bond acceptors (Lipinski definition) is 3. The first-order valence-corrected chi connectivity index (χ1v) is 8.70. The molecule has 23 heavy (non-hydrogen) atoms. The van der Waals surface area contributed by atoms with E-state index in [1.54, 1.807) is 6.20 Å². The molecule has 0 spiro atoms. The van der Waals surface area contributed by atoms with Crippen molar-refractivity contribution in [3.05, 3.63) is 36.5 Å². The predicted molar refractivity (Wildman–Crippen MR) is 91.8 cm³/mol. The van der Waals surface area contributed by atoms with Gasteiger partial charge in [-0.2, -0.15) is 0 Å². The maximum atomic E-state index is 12.7. The number of hydrazine groups is 1. The lowest BCUT2D eigenvalue weighted by atomic mass is 9.77. The van der Waals surface area contributed by atoms with Gasteiger partial charge in [-0.1, -0.05) is 25.3 Å². The average molecular weight is 309 g/mol. The van der Waals surface area contributed by atoms with Crippen LogP contribution in [0.5, 0.6) is 0 Å². The molecule has 2 aromatic rings. The topological polar surface area (TPSA) is 54.0 Å². The summed E-state index contributed by atoms with van der Waals surface area (Å²) in [7, 11) is 0. The van der Waals surface area contributed by atoms with E-state index < -0.39 is 0 Å². The first-order chi connectivity index (χ1) is 11.3. The lowest BCUT2D eigenvalue weighted by Crippen LogP contribution is -2.40. The summed E-state index contributed by atoms with van der Waals surface area (Å²) in [5, 5.41) is 1.03. The van der Waals surface area contributed by atoms with Crippen molar-refractivity contribution in [3.8, 4) is 0 Å². The molecule has 2 saturated carbocycles. The Hall–Kier alpha value is -2.10. The number of hydrogen-bond donors (Lipinski definition) is 2. The third-order valence-corrected chi connectivity index (χ3v) is 5.58. The van der Waals surface area contributed by atoms with Crippen LogP contribution in [0.2, 0.25) is 0 Å². The van der Waals surface area contributed by atoms with Crippen molar-refractivity contribution in [2.24, 2.45) is 11.3 Å². The van der Waals surface area contributed by atoms with Crippen molar-refractivity contribution in [1.29, 1.82) is 0 Å². The zero-order valence-corrected chi connectivity index (χ0v) is 13.3. The molecular formula is C19H23N3O. The Kier molecular flexibility index (Phi) is 3.68. The maximum Gasteiger partial charge on any atom is 0.244 e. The Balaban J connectivity index is 1.47. The minimum Gasteiger partial charge on any atom is -0.298 e. The highest BCUT2D eigenvalue weighted by molar-refractivity contribution is 5.93. The summed E-state index contributed by atoms with van der Waals surface area (Å²) in [6, 6.07) is 9.85. The van der Waals surface area contributed by atoms with Crippen LogP contribution >= 0.6 is 0 Å². The van der Waals surface area contributed by atoms with E-state index in [-0.39, 0.29) is 11.3 Å². The molecule has 2 fully saturated rings.